The normalized spacial score (nSPS) is 15.2. The quantitative estimate of drug-likeness (QED) is 0.710. The first kappa shape index (κ1) is 20.5. The number of rotatable bonds is 5. The van der Waals surface area contributed by atoms with Crippen molar-refractivity contribution in [1.29, 1.82) is 0 Å². The number of anilines is 3. The highest BCUT2D eigenvalue weighted by Gasteiger charge is 2.33. The highest BCUT2D eigenvalue weighted by molar-refractivity contribution is 6.10. The Hall–Kier alpha value is -3.19. The van der Waals surface area contributed by atoms with Gasteiger partial charge >= 0.3 is 0 Å². The zero-order chi connectivity index (χ0) is 21.1. The lowest BCUT2D eigenvalue weighted by atomic mass is 10.1. The lowest BCUT2D eigenvalue weighted by molar-refractivity contribution is -0.885. The van der Waals surface area contributed by atoms with Crippen molar-refractivity contribution >= 4 is 34.8 Å². The van der Waals surface area contributed by atoms with Crippen molar-refractivity contribution in [3.05, 3.63) is 53.6 Å². The molecule has 3 N–H and O–H groups in total. The van der Waals surface area contributed by atoms with Gasteiger partial charge in [-0.1, -0.05) is 24.3 Å². The maximum absolute atomic E-state index is 13.1. The van der Waals surface area contributed by atoms with Gasteiger partial charge in [0.15, 0.2) is 12.6 Å². The molecule has 0 spiro atoms. The van der Waals surface area contributed by atoms with Crippen LogP contribution < -0.4 is 20.4 Å². The van der Waals surface area contributed by atoms with Gasteiger partial charge in [-0.05, 0) is 50.1 Å². The molecular weight excluding hydrogens is 368 g/mol. The van der Waals surface area contributed by atoms with Crippen LogP contribution in [0.3, 0.4) is 0 Å². The van der Waals surface area contributed by atoms with E-state index in [4.69, 9.17) is 0 Å². The van der Waals surface area contributed by atoms with E-state index in [2.05, 4.69) is 10.6 Å². The number of fused-ring (bicyclic) bond motifs is 1. The van der Waals surface area contributed by atoms with Crippen LogP contribution >= 0.6 is 0 Å². The van der Waals surface area contributed by atoms with Gasteiger partial charge in [-0.15, -0.1) is 0 Å². The fourth-order valence-corrected chi connectivity index (χ4v) is 3.36. The van der Waals surface area contributed by atoms with Crippen LogP contribution in [0.15, 0.2) is 42.5 Å². The highest BCUT2D eigenvalue weighted by atomic mass is 16.2. The number of benzene rings is 2. The summed E-state index contributed by atoms with van der Waals surface area (Å²) in [7, 11) is 1.81. The van der Waals surface area contributed by atoms with Crippen LogP contribution in [-0.4, -0.2) is 43.9 Å². The van der Waals surface area contributed by atoms with Gasteiger partial charge in [-0.2, -0.15) is 0 Å². The van der Waals surface area contributed by atoms with Gasteiger partial charge in [0.2, 0.25) is 5.91 Å². The Bertz CT molecular complexity index is 957. The van der Waals surface area contributed by atoms with E-state index >= 15 is 0 Å². The third-order valence-electron chi connectivity index (χ3n) is 5.46. The Kier molecular flexibility index (Phi) is 5.98. The summed E-state index contributed by atoms with van der Waals surface area (Å²) in [5.41, 5.74) is 4.21. The second-order valence-corrected chi connectivity index (χ2v) is 7.53. The first-order valence-electron chi connectivity index (χ1n) is 9.66. The van der Waals surface area contributed by atoms with Crippen LogP contribution in [0.1, 0.15) is 18.1 Å². The van der Waals surface area contributed by atoms with Crippen LogP contribution in [-0.2, 0) is 14.4 Å². The number of para-hydroxylation sites is 2. The largest absolute Gasteiger partial charge is 0.323 e. The fraction of sp³-hybridized carbons (Fsp3) is 0.318. The molecule has 0 radical (unpaired) electrons. The van der Waals surface area contributed by atoms with Crippen molar-refractivity contribution in [1.82, 2.24) is 0 Å². The van der Waals surface area contributed by atoms with Crippen LogP contribution in [0.5, 0.6) is 0 Å². The van der Waals surface area contributed by atoms with Crippen molar-refractivity contribution in [3.8, 4) is 0 Å². The van der Waals surface area contributed by atoms with E-state index in [1.165, 1.54) is 4.90 Å². The molecule has 29 heavy (non-hydrogen) atoms. The summed E-state index contributed by atoms with van der Waals surface area (Å²) in [5.74, 6) is -0.577. The SMILES string of the molecule is Cc1cccc(NC(=O)C[NH+](C)[C@H](C)C(=O)N2CC(=O)Nc3ccccc32)c1C. The predicted octanol–water partition coefficient (Wildman–Crippen LogP) is 1.13. The molecule has 1 aliphatic rings. The minimum Gasteiger partial charge on any atom is -0.323 e. The standard InChI is InChI=1S/C22H26N4O3/c1-14-8-7-10-17(15(14)2)23-20(27)12-25(4)16(3)22(29)26-13-21(28)24-18-9-5-6-11-19(18)26/h5-11,16H,12-13H2,1-4H3,(H,23,27)(H,24,28)/p+1/t16-/m1/s1. The number of hydrogen-bond acceptors (Lipinski definition) is 3. The number of carbonyl (C=O) groups excluding carboxylic acids is 3. The molecule has 0 saturated heterocycles. The van der Waals surface area contributed by atoms with E-state index in [0.717, 1.165) is 21.7 Å². The molecule has 7 nitrogen and oxygen atoms in total. The summed E-state index contributed by atoms with van der Waals surface area (Å²) in [6.45, 7) is 5.85. The number of nitrogens with zero attached hydrogens (tertiary/aromatic N) is 1. The zero-order valence-electron chi connectivity index (χ0n) is 17.2. The number of hydrogen-bond donors (Lipinski definition) is 3. The summed E-state index contributed by atoms with van der Waals surface area (Å²) in [5, 5.41) is 5.71. The van der Waals surface area contributed by atoms with Crippen LogP contribution in [0.4, 0.5) is 17.1 Å². The van der Waals surface area contributed by atoms with Crippen molar-refractivity contribution in [2.24, 2.45) is 0 Å². The highest BCUT2D eigenvalue weighted by Crippen LogP contribution is 2.29. The third-order valence-corrected chi connectivity index (χ3v) is 5.46. The molecule has 0 aromatic heterocycles. The molecule has 7 heteroatoms. The molecule has 1 aliphatic heterocycles. The molecule has 0 bridgehead atoms. The molecule has 152 valence electrons. The van der Waals surface area contributed by atoms with Crippen molar-refractivity contribution < 1.29 is 19.3 Å². The van der Waals surface area contributed by atoms with Gasteiger partial charge in [-0.25, -0.2) is 0 Å². The molecule has 3 rings (SSSR count). The Morgan fingerprint density at radius 3 is 2.66 bits per heavy atom. The van der Waals surface area contributed by atoms with Crippen LogP contribution in [0.2, 0.25) is 0 Å². The first-order valence-corrected chi connectivity index (χ1v) is 9.66. The number of nitrogens with one attached hydrogen (secondary N) is 3. The molecule has 0 fully saturated rings. The smallest absolute Gasteiger partial charge is 0.285 e. The molecule has 1 unspecified atom stereocenters. The van der Waals surface area contributed by atoms with Gasteiger partial charge in [0, 0.05) is 5.69 Å². The summed E-state index contributed by atoms with van der Waals surface area (Å²) >= 11 is 0. The summed E-state index contributed by atoms with van der Waals surface area (Å²) in [6, 6.07) is 12.5. The average molecular weight is 395 g/mol. The number of quaternary nitrogens is 1. The number of likely N-dealkylation sites (N-methyl/N-ethyl adjacent to an activating group) is 1. The first-order chi connectivity index (χ1) is 13.8. The van der Waals surface area contributed by atoms with Gasteiger partial charge in [0.1, 0.15) is 6.54 Å². The monoisotopic (exact) mass is 395 g/mol. The van der Waals surface area contributed by atoms with Crippen LogP contribution in [0, 0.1) is 13.8 Å². The Morgan fingerprint density at radius 1 is 1.17 bits per heavy atom. The van der Waals surface area contributed by atoms with Gasteiger partial charge in [-0.3, -0.25) is 19.3 Å². The molecule has 0 saturated carbocycles. The zero-order valence-corrected chi connectivity index (χ0v) is 17.2. The second kappa shape index (κ2) is 8.45. The number of aryl methyl sites for hydroxylation is 1. The maximum Gasteiger partial charge on any atom is 0.285 e. The molecule has 1 heterocycles. The van der Waals surface area contributed by atoms with Gasteiger partial charge in [0.05, 0.1) is 18.4 Å². The number of amides is 3. The predicted molar refractivity (Wildman–Crippen MR) is 113 cm³/mol. The third kappa shape index (κ3) is 4.46. The summed E-state index contributed by atoms with van der Waals surface area (Å²) < 4.78 is 0. The van der Waals surface area contributed by atoms with E-state index in [1.54, 1.807) is 20.0 Å². The Balaban J connectivity index is 1.67. The number of carbonyl (C=O) groups is 3. The average Bonchev–Trinajstić information content (AvgIpc) is 2.69. The van der Waals surface area contributed by atoms with Gasteiger partial charge in [0.25, 0.3) is 11.8 Å². The van der Waals surface area contributed by atoms with E-state index in [1.807, 2.05) is 50.2 Å². The van der Waals surface area contributed by atoms with E-state index in [-0.39, 0.29) is 30.8 Å². The summed E-state index contributed by atoms with van der Waals surface area (Å²) in [4.78, 5) is 39.8. The van der Waals surface area contributed by atoms with Crippen molar-refractivity contribution in [2.75, 3.05) is 35.7 Å². The molecule has 2 atom stereocenters. The fourth-order valence-electron chi connectivity index (χ4n) is 3.36. The molecular formula is C22H27N4O3+. The summed E-state index contributed by atoms with van der Waals surface area (Å²) in [6.07, 6.45) is 0. The Labute approximate surface area is 170 Å². The van der Waals surface area contributed by atoms with E-state index < -0.39 is 6.04 Å². The Morgan fingerprint density at radius 2 is 1.90 bits per heavy atom. The molecule has 2 aromatic carbocycles. The lowest BCUT2D eigenvalue weighted by Crippen LogP contribution is -3.15. The minimum absolute atomic E-state index is 0.0256. The molecule has 2 aromatic rings. The lowest BCUT2D eigenvalue weighted by Gasteiger charge is -2.32. The van der Waals surface area contributed by atoms with Crippen molar-refractivity contribution in [2.45, 2.75) is 26.8 Å². The maximum atomic E-state index is 13.1. The molecule has 0 aliphatic carbocycles. The van der Waals surface area contributed by atoms with Crippen LogP contribution in [0.25, 0.3) is 0 Å². The topological polar surface area (TPSA) is 83.0 Å². The van der Waals surface area contributed by atoms with Crippen molar-refractivity contribution in [3.63, 3.8) is 0 Å². The van der Waals surface area contributed by atoms with E-state index in [0.29, 0.717) is 11.4 Å². The van der Waals surface area contributed by atoms with E-state index in [9.17, 15) is 14.4 Å². The molecule has 3 amide bonds. The minimum atomic E-state index is -0.488. The second-order valence-electron chi connectivity index (χ2n) is 7.53. The van der Waals surface area contributed by atoms with Gasteiger partial charge < -0.3 is 15.5 Å².